The van der Waals surface area contributed by atoms with Crippen molar-refractivity contribution < 1.29 is 23.4 Å². The van der Waals surface area contributed by atoms with E-state index in [0.717, 1.165) is 4.90 Å². The summed E-state index contributed by atoms with van der Waals surface area (Å²) in [5, 5.41) is 18.0. The Hall–Kier alpha value is -0.660. The fourth-order valence-electron chi connectivity index (χ4n) is 1.54. The Morgan fingerprint density at radius 1 is 1.43 bits per heavy atom. The highest BCUT2D eigenvalue weighted by molar-refractivity contribution is 7.91. The summed E-state index contributed by atoms with van der Waals surface area (Å²) in [6.07, 6.45) is -0.595. The molecule has 0 aromatic carbocycles. The first kappa shape index (κ1) is 11.4. The summed E-state index contributed by atoms with van der Waals surface area (Å²) in [4.78, 5) is 11.7. The molecule has 0 saturated carbocycles. The number of aliphatic hydroxyl groups is 2. The van der Waals surface area contributed by atoms with Crippen LogP contribution in [-0.2, 0) is 14.6 Å². The number of carbonyl (C=O) groups is 1. The standard InChI is InChI=1S/C7H13NO5S/c9-2-1-8(5-10)6-3-14(12,13)4-7(6)11/h5-7,9,11H,1-4H2/t6-,7-/m0/s1. The van der Waals surface area contributed by atoms with Gasteiger partial charge in [-0.25, -0.2) is 8.42 Å². The van der Waals surface area contributed by atoms with Gasteiger partial charge in [0.1, 0.15) is 0 Å². The molecule has 14 heavy (non-hydrogen) atoms. The third-order valence-corrected chi connectivity index (χ3v) is 3.91. The SMILES string of the molecule is O=CN(CCO)[C@H]1CS(=O)(=O)C[C@@H]1O. The van der Waals surface area contributed by atoms with Gasteiger partial charge in [-0.15, -0.1) is 0 Å². The smallest absolute Gasteiger partial charge is 0.210 e. The van der Waals surface area contributed by atoms with Gasteiger partial charge in [-0.1, -0.05) is 0 Å². The summed E-state index contributed by atoms with van der Waals surface area (Å²) in [5.41, 5.74) is 0. The van der Waals surface area contributed by atoms with Crippen molar-refractivity contribution in [3.8, 4) is 0 Å². The Morgan fingerprint density at radius 3 is 2.43 bits per heavy atom. The van der Waals surface area contributed by atoms with Crippen LogP contribution in [0.3, 0.4) is 0 Å². The lowest BCUT2D eigenvalue weighted by Gasteiger charge is -2.25. The van der Waals surface area contributed by atoms with E-state index in [4.69, 9.17) is 5.11 Å². The van der Waals surface area contributed by atoms with E-state index in [0.29, 0.717) is 6.41 Å². The van der Waals surface area contributed by atoms with Gasteiger partial charge in [0.2, 0.25) is 6.41 Å². The second-order valence-corrected chi connectivity index (χ2v) is 5.43. The number of hydrogen-bond acceptors (Lipinski definition) is 5. The highest BCUT2D eigenvalue weighted by Gasteiger charge is 2.39. The van der Waals surface area contributed by atoms with Gasteiger partial charge in [-0.05, 0) is 0 Å². The van der Waals surface area contributed by atoms with Gasteiger partial charge < -0.3 is 15.1 Å². The molecule has 0 unspecified atom stereocenters. The largest absolute Gasteiger partial charge is 0.395 e. The van der Waals surface area contributed by atoms with Gasteiger partial charge in [0.15, 0.2) is 9.84 Å². The van der Waals surface area contributed by atoms with Gasteiger partial charge in [-0.2, -0.15) is 0 Å². The first-order chi connectivity index (χ1) is 6.50. The molecule has 1 aliphatic rings. The number of nitrogens with zero attached hydrogens (tertiary/aromatic N) is 1. The van der Waals surface area contributed by atoms with E-state index in [1.54, 1.807) is 0 Å². The molecule has 1 heterocycles. The number of sulfone groups is 1. The molecule has 1 rings (SSSR count). The molecule has 0 aliphatic carbocycles. The molecule has 1 saturated heterocycles. The average molecular weight is 223 g/mol. The molecule has 6 nitrogen and oxygen atoms in total. The zero-order chi connectivity index (χ0) is 10.8. The lowest BCUT2D eigenvalue weighted by molar-refractivity contribution is -0.122. The van der Waals surface area contributed by atoms with Crippen LogP contribution in [0.15, 0.2) is 0 Å². The topological polar surface area (TPSA) is 94.9 Å². The van der Waals surface area contributed by atoms with E-state index in [1.807, 2.05) is 0 Å². The second kappa shape index (κ2) is 4.24. The van der Waals surface area contributed by atoms with E-state index in [-0.39, 0.29) is 24.7 Å². The van der Waals surface area contributed by atoms with Gasteiger partial charge in [0.25, 0.3) is 0 Å². The third kappa shape index (κ3) is 2.43. The van der Waals surface area contributed by atoms with E-state index in [9.17, 15) is 18.3 Å². The van der Waals surface area contributed by atoms with Crippen LogP contribution in [0.2, 0.25) is 0 Å². The van der Waals surface area contributed by atoms with E-state index in [2.05, 4.69) is 0 Å². The summed E-state index contributed by atoms with van der Waals surface area (Å²) >= 11 is 0. The number of aliphatic hydroxyl groups excluding tert-OH is 2. The molecule has 0 radical (unpaired) electrons. The first-order valence-electron chi connectivity index (χ1n) is 4.20. The van der Waals surface area contributed by atoms with Gasteiger partial charge in [0, 0.05) is 6.54 Å². The molecule has 0 aromatic heterocycles. The molecule has 1 amide bonds. The van der Waals surface area contributed by atoms with Crippen molar-refractivity contribution in [1.29, 1.82) is 0 Å². The molecule has 0 bridgehead atoms. The van der Waals surface area contributed by atoms with Gasteiger partial charge in [-0.3, -0.25) is 4.79 Å². The van der Waals surface area contributed by atoms with Crippen molar-refractivity contribution in [2.45, 2.75) is 12.1 Å². The van der Waals surface area contributed by atoms with E-state index in [1.165, 1.54) is 0 Å². The molecular weight excluding hydrogens is 210 g/mol. The van der Waals surface area contributed by atoms with E-state index >= 15 is 0 Å². The predicted octanol–water partition coefficient (Wildman–Crippen LogP) is -2.40. The molecular formula is C7H13NO5S. The van der Waals surface area contributed by atoms with Crippen molar-refractivity contribution in [3.05, 3.63) is 0 Å². The minimum absolute atomic E-state index is 0.0424. The first-order valence-corrected chi connectivity index (χ1v) is 6.02. The van der Waals surface area contributed by atoms with Crippen molar-refractivity contribution >= 4 is 16.2 Å². The summed E-state index contributed by atoms with van der Waals surface area (Å²) in [6, 6.07) is -0.718. The maximum atomic E-state index is 11.1. The van der Waals surface area contributed by atoms with Crippen LogP contribution in [0, 0.1) is 0 Å². The lowest BCUT2D eigenvalue weighted by Crippen LogP contribution is -2.43. The maximum Gasteiger partial charge on any atom is 0.210 e. The highest BCUT2D eigenvalue weighted by Crippen LogP contribution is 2.17. The Kier molecular flexibility index (Phi) is 3.46. The fourth-order valence-corrected chi connectivity index (χ4v) is 3.35. The summed E-state index contributed by atoms with van der Waals surface area (Å²) < 4.78 is 22.2. The monoisotopic (exact) mass is 223 g/mol. The lowest BCUT2D eigenvalue weighted by atomic mass is 10.2. The average Bonchev–Trinajstić information content (AvgIpc) is 2.35. The molecule has 1 aliphatic heterocycles. The third-order valence-electron chi connectivity index (χ3n) is 2.21. The van der Waals surface area contributed by atoms with Crippen molar-refractivity contribution in [2.75, 3.05) is 24.7 Å². The maximum absolute atomic E-state index is 11.1. The quantitative estimate of drug-likeness (QED) is 0.518. The summed E-state index contributed by atoms with van der Waals surface area (Å²) in [5.74, 6) is -0.541. The molecule has 82 valence electrons. The van der Waals surface area contributed by atoms with Crippen molar-refractivity contribution in [3.63, 3.8) is 0 Å². The van der Waals surface area contributed by atoms with Crippen LogP contribution in [0.1, 0.15) is 0 Å². The van der Waals surface area contributed by atoms with Crippen LogP contribution in [0.25, 0.3) is 0 Å². The summed E-state index contributed by atoms with van der Waals surface area (Å²) in [6.45, 7) is -0.206. The Balaban J connectivity index is 2.72. The van der Waals surface area contributed by atoms with E-state index < -0.39 is 22.0 Å². The molecule has 7 heteroatoms. The minimum Gasteiger partial charge on any atom is -0.395 e. The minimum atomic E-state index is -3.25. The number of amides is 1. The van der Waals surface area contributed by atoms with Crippen LogP contribution in [0.5, 0.6) is 0 Å². The number of rotatable bonds is 4. The van der Waals surface area contributed by atoms with Crippen molar-refractivity contribution in [2.24, 2.45) is 0 Å². The Morgan fingerprint density at radius 2 is 2.07 bits per heavy atom. The Bertz CT molecular complexity index is 301. The highest BCUT2D eigenvalue weighted by atomic mass is 32.2. The van der Waals surface area contributed by atoms with Gasteiger partial charge in [0.05, 0.1) is 30.3 Å². The van der Waals surface area contributed by atoms with Gasteiger partial charge >= 0.3 is 0 Å². The van der Waals surface area contributed by atoms with Crippen LogP contribution >= 0.6 is 0 Å². The zero-order valence-electron chi connectivity index (χ0n) is 7.54. The van der Waals surface area contributed by atoms with Crippen LogP contribution in [-0.4, -0.2) is 66.7 Å². The molecule has 1 fully saturated rings. The number of carbonyl (C=O) groups excluding carboxylic acids is 1. The molecule has 0 spiro atoms. The van der Waals surface area contributed by atoms with Crippen LogP contribution in [0.4, 0.5) is 0 Å². The number of hydrogen-bond donors (Lipinski definition) is 2. The second-order valence-electron chi connectivity index (χ2n) is 3.28. The van der Waals surface area contributed by atoms with Crippen molar-refractivity contribution in [1.82, 2.24) is 4.90 Å². The molecule has 0 aromatic rings. The summed E-state index contributed by atoms with van der Waals surface area (Å²) in [7, 11) is -3.25. The fraction of sp³-hybridized carbons (Fsp3) is 0.857. The normalized spacial score (nSPS) is 30.1. The zero-order valence-corrected chi connectivity index (χ0v) is 8.35. The Labute approximate surface area is 82.1 Å². The molecule has 2 atom stereocenters. The predicted molar refractivity (Wildman–Crippen MR) is 48.3 cm³/mol. The molecule has 2 N–H and O–H groups in total. The van der Waals surface area contributed by atoms with Crippen LogP contribution < -0.4 is 0 Å².